The van der Waals surface area contributed by atoms with Gasteiger partial charge < -0.3 is 10.6 Å². The van der Waals surface area contributed by atoms with Gasteiger partial charge in [-0.3, -0.25) is 4.90 Å². The van der Waals surface area contributed by atoms with Gasteiger partial charge in [0.2, 0.25) is 5.95 Å². The molecule has 0 bridgehead atoms. The average Bonchev–Trinajstić information content (AvgIpc) is 2.36. The van der Waals surface area contributed by atoms with Gasteiger partial charge in [0.1, 0.15) is 5.82 Å². The van der Waals surface area contributed by atoms with Crippen molar-refractivity contribution in [3.8, 4) is 6.07 Å². The molecule has 1 fully saturated rings. The van der Waals surface area contributed by atoms with E-state index in [9.17, 15) is 0 Å². The summed E-state index contributed by atoms with van der Waals surface area (Å²) in [5.74, 6) is 1.23. The molecule has 0 spiro atoms. The molecule has 18 heavy (non-hydrogen) atoms. The molecule has 2 rings (SSSR count). The largest absolute Gasteiger partial charge is 0.368 e. The van der Waals surface area contributed by atoms with Crippen molar-refractivity contribution in [3.63, 3.8) is 0 Å². The minimum absolute atomic E-state index is 0.330. The molecule has 0 radical (unpaired) electrons. The molecule has 0 atom stereocenters. The number of nitrogen functional groups attached to an aromatic ring is 1. The van der Waals surface area contributed by atoms with E-state index in [0.29, 0.717) is 12.4 Å². The Balaban J connectivity index is 1.95. The SMILES string of the molecule is Cc1cc(N2CCN(CCC#N)CC2)nc(N)n1. The number of hydrogen-bond donors (Lipinski definition) is 1. The lowest BCUT2D eigenvalue weighted by molar-refractivity contribution is 0.263. The van der Waals surface area contributed by atoms with Gasteiger partial charge in [-0.1, -0.05) is 0 Å². The molecule has 0 aromatic carbocycles. The van der Waals surface area contributed by atoms with E-state index >= 15 is 0 Å². The molecule has 1 aliphatic heterocycles. The van der Waals surface area contributed by atoms with E-state index < -0.39 is 0 Å². The second-order valence-electron chi connectivity index (χ2n) is 4.46. The Morgan fingerprint density at radius 3 is 2.67 bits per heavy atom. The normalized spacial score (nSPS) is 16.6. The van der Waals surface area contributed by atoms with Crippen molar-refractivity contribution in [3.05, 3.63) is 11.8 Å². The fraction of sp³-hybridized carbons (Fsp3) is 0.583. The topological polar surface area (TPSA) is 82.1 Å². The van der Waals surface area contributed by atoms with Crippen molar-refractivity contribution in [2.45, 2.75) is 13.3 Å². The van der Waals surface area contributed by atoms with Gasteiger partial charge in [-0.2, -0.15) is 10.2 Å². The molecule has 6 heteroatoms. The summed E-state index contributed by atoms with van der Waals surface area (Å²) < 4.78 is 0. The highest BCUT2D eigenvalue weighted by Gasteiger charge is 2.18. The van der Waals surface area contributed by atoms with Crippen LogP contribution >= 0.6 is 0 Å². The maximum absolute atomic E-state index is 8.57. The third-order valence-corrected chi connectivity index (χ3v) is 3.09. The van der Waals surface area contributed by atoms with Crippen molar-refractivity contribution in [2.24, 2.45) is 0 Å². The Hall–Kier alpha value is -1.87. The van der Waals surface area contributed by atoms with Gasteiger partial charge >= 0.3 is 0 Å². The van der Waals surface area contributed by atoms with Crippen molar-refractivity contribution in [1.82, 2.24) is 14.9 Å². The standard InChI is InChI=1S/C12H18N6/c1-10-9-11(16-12(14)15-10)18-7-5-17(6-8-18)4-2-3-13/h9H,2,4-8H2,1H3,(H2,14,15,16). The van der Waals surface area contributed by atoms with E-state index in [1.807, 2.05) is 13.0 Å². The van der Waals surface area contributed by atoms with Gasteiger partial charge in [0.25, 0.3) is 0 Å². The minimum atomic E-state index is 0.330. The summed E-state index contributed by atoms with van der Waals surface area (Å²) >= 11 is 0. The fourth-order valence-corrected chi connectivity index (χ4v) is 2.15. The summed E-state index contributed by atoms with van der Waals surface area (Å²) in [4.78, 5) is 12.9. The van der Waals surface area contributed by atoms with Gasteiger partial charge in [0.15, 0.2) is 0 Å². The molecular formula is C12H18N6. The van der Waals surface area contributed by atoms with Crippen LogP contribution in [0.1, 0.15) is 12.1 Å². The highest BCUT2D eigenvalue weighted by atomic mass is 15.3. The summed E-state index contributed by atoms with van der Waals surface area (Å²) in [5.41, 5.74) is 6.56. The number of aromatic nitrogens is 2. The van der Waals surface area contributed by atoms with E-state index in [-0.39, 0.29) is 0 Å². The number of anilines is 2. The van der Waals surface area contributed by atoms with Crippen molar-refractivity contribution in [1.29, 1.82) is 5.26 Å². The number of hydrogen-bond acceptors (Lipinski definition) is 6. The summed E-state index contributed by atoms with van der Waals surface area (Å²) in [5, 5.41) is 8.57. The van der Waals surface area contributed by atoms with Crippen molar-refractivity contribution < 1.29 is 0 Å². The Morgan fingerprint density at radius 2 is 2.06 bits per heavy atom. The van der Waals surface area contributed by atoms with Crippen LogP contribution in [-0.4, -0.2) is 47.6 Å². The lowest BCUT2D eigenvalue weighted by Gasteiger charge is -2.35. The second-order valence-corrected chi connectivity index (χ2v) is 4.46. The highest BCUT2D eigenvalue weighted by molar-refractivity contribution is 5.43. The van der Waals surface area contributed by atoms with Crippen LogP contribution in [0.3, 0.4) is 0 Å². The fourth-order valence-electron chi connectivity index (χ4n) is 2.15. The first-order valence-electron chi connectivity index (χ1n) is 6.14. The maximum Gasteiger partial charge on any atom is 0.222 e. The molecule has 0 aliphatic carbocycles. The Labute approximate surface area is 107 Å². The average molecular weight is 246 g/mol. The smallest absolute Gasteiger partial charge is 0.222 e. The third-order valence-electron chi connectivity index (χ3n) is 3.09. The Bertz CT molecular complexity index is 424. The molecule has 0 unspecified atom stereocenters. The van der Waals surface area contributed by atoms with Crippen LogP contribution in [0.25, 0.3) is 0 Å². The van der Waals surface area contributed by atoms with E-state index in [4.69, 9.17) is 11.0 Å². The monoisotopic (exact) mass is 246 g/mol. The molecule has 1 aromatic rings. The van der Waals surface area contributed by atoms with Crippen LogP contribution in [0.4, 0.5) is 11.8 Å². The first-order valence-corrected chi connectivity index (χ1v) is 6.14. The van der Waals surface area contributed by atoms with Crippen LogP contribution in [0.5, 0.6) is 0 Å². The van der Waals surface area contributed by atoms with Crippen LogP contribution in [-0.2, 0) is 0 Å². The number of rotatable bonds is 3. The molecule has 0 saturated carbocycles. The predicted octanol–water partition coefficient (Wildman–Crippen LogP) is 0.403. The van der Waals surface area contributed by atoms with E-state index in [1.165, 1.54) is 0 Å². The van der Waals surface area contributed by atoms with Gasteiger partial charge in [0.05, 0.1) is 6.07 Å². The lowest BCUT2D eigenvalue weighted by Crippen LogP contribution is -2.47. The number of piperazine rings is 1. The summed E-state index contributed by atoms with van der Waals surface area (Å²) in [6.45, 7) is 6.54. The van der Waals surface area contributed by atoms with E-state index in [2.05, 4.69) is 25.8 Å². The second kappa shape index (κ2) is 5.65. The first kappa shape index (κ1) is 12.6. The number of nitrogens with zero attached hydrogens (tertiary/aromatic N) is 5. The van der Waals surface area contributed by atoms with Crippen molar-refractivity contribution >= 4 is 11.8 Å². The quantitative estimate of drug-likeness (QED) is 0.831. The molecule has 2 N–H and O–H groups in total. The van der Waals surface area contributed by atoms with Crippen LogP contribution in [0.15, 0.2) is 6.07 Å². The number of aryl methyl sites for hydroxylation is 1. The van der Waals surface area contributed by atoms with Gasteiger partial charge in [-0.25, -0.2) is 4.98 Å². The van der Waals surface area contributed by atoms with Crippen LogP contribution in [0.2, 0.25) is 0 Å². The summed E-state index contributed by atoms with van der Waals surface area (Å²) in [6.07, 6.45) is 0.597. The van der Waals surface area contributed by atoms with Gasteiger partial charge in [-0.05, 0) is 6.92 Å². The van der Waals surface area contributed by atoms with Crippen LogP contribution in [0, 0.1) is 18.3 Å². The zero-order valence-electron chi connectivity index (χ0n) is 10.6. The minimum Gasteiger partial charge on any atom is -0.368 e. The molecular weight excluding hydrogens is 228 g/mol. The predicted molar refractivity (Wildman–Crippen MR) is 70.1 cm³/mol. The molecule has 6 nitrogen and oxygen atoms in total. The number of nitriles is 1. The molecule has 1 aliphatic rings. The molecule has 96 valence electrons. The summed E-state index contributed by atoms with van der Waals surface area (Å²) in [7, 11) is 0. The Morgan fingerprint density at radius 1 is 1.33 bits per heavy atom. The highest BCUT2D eigenvalue weighted by Crippen LogP contribution is 2.15. The summed E-state index contributed by atoms with van der Waals surface area (Å²) in [6, 6.07) is 4.14. The van der Waals surface area contributed by atoms with E-state index in [1.54, 1.807) is 0 Å². The molecule has 2 heterocycles. The van der Waals surface area contributed by atoms with Crippen molar-refractivity contribution in [2.75, 3.05) is 43.4 Å². The van der Waals surface area contributed by atoms with Gasteiger partial charge in [0, 0.05) is 50.9 Å². The van der Waals surface area contributed by atoms with E-state index in [0.717, 1.165) is 44.2 Å². The van der Waals surface area contributed by atoms with Gasteiger partial charge in [-0.15, -0.1) is 0 Å². The molecule has 1 aromatic heterocycles. The first-order chi connectivity index (χ1) is 8.69. The van der Waals surface area contributed by atoms with Crippen LogP contribution < -0.4 is 10.6 Å². The lowest BCUT2D eigenvalue weighted by atomic mass is 10.3. The zero-order chi connectivity index (χ0) is 13.0. The Kier molecular flexibility index (Phi) is 3.95. The molecule has 1 saturated heterocycles. The maximum atomic E-state index is 8.57. The third kappa shape index (κ3) is 3.08. The molecule has 0 amide bonds. The zero-order valence-corrected chi connectivity index (χ0v) is 10.6. The number of nitrogens with two attached hydrogens (primary N) is 1.